The van der Waals surface area contributed by atoms with E-state index in [1.165, 1.54) is 12.1 Å². The molecule has 42 heavy (non-hydrogen) atoms. The second kappa shape index (κ2) is 10.8. The lowest BCUT2D eigenvalue weighted by atomic mass is 9.85. The van der Waals surface area contributed by atoms with Gasteiger partial charge in [0.15, 0.2) is 0 Å². The Bertz CT molecular complexity index is 1590. The van der Waals surface area contributed by atoms with E-state index in [0.29, 0.717) is 37.2 Å². The van der Waals surface area contributed by atoms with Gasteiger partial charge in [-0.25, -0.2) is 0 Å². The summed E-state index contributed by atoms with van der Waals surface area (Å²) >= 11 is 1.01. The van der Waals surface area contributed by atoms with Crippen LogP contribution in [0.2, 0.25) is 0 Å². The van der Waals surface area contributed by atoms with Gasteiger partial charge in [0.25, 0.3) is 5.91 Å². The van der Waals surface area contributed by atoms with Crippen LogP contribution in [0.1, 0.15) is 60.0 Å². The Hall–Kier alpha value is -3.18. The van der Waals surface area contributed by atoms with E-state index in [1.807, 2.05) is 24.3 Å². The fraction of sp³-hybridized carbons (Fsp3) is 0.414. The second-order valence-corrected chi connectivity index (χ2v) is 14.6. The van der Waals surface area contributed by atoms with Crippen LogP contribution in [0.15, 0.2) is 48.5 Å². The Morgan fingerprint density at radius 1 is 1.05 bits per heavy atom. The molecule has 0 unspecified atom stereocenters. The minimum absolute atomic E-state index is 0.122. The summed E-state index contributed by atoms with van der Waals surface area (Å²) in [7, 11) is -5.75. The number of thiophene rings is 1. The van der Waals surface area contributed by atoms with Gasteiger partial charge in [-0.2, -0.15) is 8.78 Å². The van der Waals surface area contributed by atoms with E-state index in [4.69, 9.17) is 9.79 Å². The maximum atomic E-state index is 14.2. The molecule has 0 spiro atoms. The average Bonchev–Trinajstić information content (AvgIpc) is 3.66. The third kappa shape index (κ3) is 5.60. The molecule has 3 amide bonds. The molecule has 3 N–H and O–H groups in total. The Labute approximate surface area is 245 Å². The number of hydrogen-bond acceptors (Lipinski definition) is 5. The van der Waals surface area contributed by atoms with Crippen molar-refractivity contribution in [1.82, 2.24) is 15.1 Å². The van der Waals surface area contributed by atoms with Crippen LogP contribution in [0, 0.1) is 5.41 Å². The molecule has 1 saturated heterocycles. The maximum absolute atomic E-state index is 14.2. The number of halogens is 2. The molecule has 3 aromatic rings. The molecule has 0 radical (unpaired) electrons. The van der Waals surface area contributed by atoms with E-state index in [2.05, 4.69) is 5.32 Å². The Balaban J connectivity index is 1.34. The normalized spacial score (nSPS) is 18.3. The van der Waals surface area contributed by atoms with E-state index in [0.717, 1.165) is 34.6 Å². The van der Waals surface area contributed by atoms with Crippen molar-refractivity contribution in [2.24, 2.45) is 5.41 Å². The zero-order chi connectivity index (χ0) is 30.6. The van der Waals surface area contributed by atoms with Crippen molar-refractivity contribution >= 4 is 46.7 Å². The van der Waals surface area contributed by atoms with Crippen molar-refractivity contribution in [3.63, 3.8) is 0 Å². The molecule has 2 atom stereocenters. The monoisotopic (exact) mass is 619 g/mol. The number of carbonyl (C=O) groups is 3. The number of rotatable bonds is 6. The number of likely N-dealkylation sites (tertiary alicyclic amines) is 1. The number of hydrogen-bond donors (Lipinski definition) is 3. The standard InChI is InChI=1S/C29H32F2N3O6PS/c1-28(2,3)24(27(37)34-12-6-9-21(34)26(36)33-15-17-7-4-5-8-18(17)16-33)32-25(35)23-14-19-13-20(10-11-22(19)42-23)29(30,31)41(38,39)40/h4-5,7-8,10-11,13-14,21,24H,6,9,12,15-16H2,1-3H3,(H,32,35)(H2,38,39,40)/t21-,24+/m0/s1. The van der Waals surface area contributed by atoms with Crippen molar-refractivity contribution in [1.29, 1.82) is 0 Å². The summed E-state index contributed by atoms with van der Waals surface area (Å²) in [6.07, 6.45) is 1.19. The van der Waals surface area contributed by atoms with Gasteiger partial charge in [0.1, 0.15) is 12.1 Å². The quantitative estimate of drug-likeness (QED) is 0.340. The zero-order valence-electron chi connectivity index (χ0n) is 23.3. The minimum Gasteiger partial charge on any atom is -0.339 e. The smallest absolute Gasteiger partial charge is 0.339 e. The highest BCUT2D eigenvalue weighted by Crippen LogP contribution is 2.59. The predicted octanol–water partition coefficient (Wildman–Crippen LogP) is 4.81. The molecule has 224 valence electrons. The van der Waals surface area contributed by atoms with Crippen molar-refractivity contribution in [3.05, 3.63) is 70.1 Å². The van der Waals surface area contributed by atoms with Gasteiger partial charge in [-0.1, -0.05) is 51.1 Å². The van der Waals surface area contributed by atoms with E-state index in [9.17, 15) is 27.7 Å². The predicted molar refractivity (Wildman–Crippen MR) is 154 cm³/mol. The molecule has 5 rings (SSSR count). The van der Waals surface area contributed by atoms with Crippen LogP contribution in [0.4, 0.5) is 8.78 Å². The van der Waals surface area contributed by atoms with Gasteiger partial charge in [0, 0.05) is 29.9 Å². The first kappa shape index (κ1) is 30.3. The lowest BCUT2D eigenvalue weighted by Gasteiger charge is -2.36. The van der Waals surface area contributed by atoms with Crippen LogP contribution in [0.3, 0.4) is 0 Å². The lowest BCUT2D eigenvalue weighted by molar-refractivity contribution is -0.146. The van der Waals surface area contributed by atoms with Crippen molar-refractivity contribution in [3.8, 4) is 0 Å². The topological polar surface area (TPSA) is 127 Å². The first-order valence-corrected chi connectivity index (χ1v) is 16.0. The largest absolute Gasteiger partial charge is 0.399 e. The SMILES string of the molecule is CC(C)(C)[C@H](NC(=O)c1cc2cc(C(F)(F)P(=O)(O)O)ccc2s1)C(=O)N1CCC[C@H]1C(=O)N1Cc2ccccc2C1. The molecule has 3 heterocycles. The van der Waals surface area contributed by atoms with E-state index in [1.54, 1.807) is 30.6 Å². The van der Waals surface area contributed by atoms with Crippen molar-refractivity contribution in [2.75, 3.05) is 6.54 Å². The van der Waals surface area contributed by atoms with Crippen molar-refractivity contribution in [2.45, 2.75) is 64.4 Å². The zero-order valence-corrected chi connectivity index (χ0v) is 25.1. The molecule has 13 heteroatoms. The summed E-state index contributed by atoms with van der Waals surface area (Å²) in [5, 5.41) is 3.02. The van der Waals surface area contributed by atoms with Crippen molar-refractivity contribution < 1.29 is 37.5 Å². The van der Waals surface area contributed by atoms with E-state index < -0.39 is 42.2 Å². The van der Waals surface area contributed by atoms with Crippen LogP contribution in [0.5, 0.6) is 0 Å². The molecule has 1 aromatic heterocycles. The molecule has 2 aliphatic heterocycles. The number of nitrogens with one attached hydrogen (secondary N) is 1. The third-order valence-corrected chi connectivity index (χ3v) is 9.92. The highest BCUT2D eigenvalue weighted by Gasteiger charge is 2.50. The Morgan fingerprint density at radius 2 is 1.69 bits per heavy atom. The highest BCUT2D eigenvalue weighted by atomic mass is 32.1. The fourth-order valence-electron chi connectivity index (χ4n) is 5.51. The average molecular weight is 620 g/mol. The molecule has 9 nitrogen and oxygen atoms in total. The van der Waals surface area contributed by atoms with Crippen LogP contribution in [0.25, 0.3) is 10.1 Å². The summed E-state index contributed by atoms with van der Waals surface area (Å²) < 4.78 is 40.3. The molecular weight excluding hydrogens is 587 g/mol. The Kier molecular flexibility index (Phi) is 7.81. The van der Waals surface area contributed by atoms with Gasteiger partial charge in [-0.05, 0) is 53.0 Å². The number of alkyl halides is 2. The molecule has 2 aliphatic rings. The van der Waals surface area contributed by atoms with Crippen LogP contribution >= 0.6 is 18.9 Å². The van der Waals surface area contributed by atoms with Gasteiger partial charge in [0.2, 0.25) is 11.8 Å². The number of nitrogens with zero attached hydrogens (tertiary/aromatic N) is 2. The number of benzene rings is 2. The van der Waals surface area contributed by atoms with Gasteiger partial charge in [-0.15, -0.1) is 11.3 Å². The molecular formula is C29H32F2N3O6PS. The summed E-state index contributed by atoms with van der Waals surface area (Å²) in [4.78, 5) is 62.4. The number of fused-ring (bicyclic) bond motifs is 2. The fourth-order valence-corrected chi connectivity index (χ4v) is 6.94. The minimum atomic E-state index is -5.75. The Morgan fingerprint density at radius 3 is 2.29 bits per heavy atom. The van der Waals surface area contributed by atoms with Crippen LogP contribution < -0.4 is 5.32 Å². The van der Waals surface area contributed by atoms with E-state index in [-0.39, 0.29) is 22.1 Å². The summed E-state index contributed by atoms with van der Waals surface area (Å²) in [5.74, 6) is -1.08. The lowest BCUT2D eigenvalue weighted by Crippen LogP contribution is -2.57. The van der Waals surface area contributed by atoms with Crippen LogP contribution in [-0.2, 0) is 32.9 Å². The van der Waals surface area contributed by atoms with Gasteiger partial charge < -0.3 is 24.9 Å². The number of carbonyl (C=O) groups excluding carboxylic acids is 3. The summed E-state index contributed by atoms with van der Waals surface area (Å²) in [5.41, 5.74) is -3.79. The molecule has 2 aromatic carbocycles. The first-order chi connectivity index (χ1) is 19.6. The first-order valence-electron chi connectivity index (χ1n) is 13.5. The number of amides is 3. The molecule has 0 aliphatic carbocycles. The summed E-state index contributed by atoms with van der Waals surface area (Å²) in [6.45, 7) is 6.78. The maximum Gasteiger partial charge on any atom is 0.399 e. The second-order valence-electron chi connectivity index (χ2n) is 11.9. The van der Waals surface area contributed by atoms with Gasteiger partial charge >= 0.3 is 13.3 Å². The summed E-state index contributed by atoms with van der Waals surface area (Å²) in [6, 6.07) is 10.7. The highest BCUT2D eigenvalue weighted by molar-refractivity contribution is 7.52. The molecule has 1 fully saturated rings. The van der Waals surface area contributed by atoms with Gasteiger partial charge in [-0.3, -0.25) is 18.9 Å². The molecule has 0 bridgehead atoms. The third-order valence-electron chi connectivity index (χ3n) is 7.82. The van der Waals surface area contributed by atoms with E-state index >= 15 is 0 Å². The van der Waals surface area contributed by atoms with Crippen LogP contribution in [-0.4, -0.2) is 55.9 Å². The van der Waals surface area contributed by atoms with Gasteiger partial charge in [0.05, 0.1) is 4.88 Å². The molecule has 0 saturated carbocycles.